The SMILES string of the molecule is CCOc1cccc2sc(N(Cc3ccccc3)C(=O)c3cn(C)nc3OC)nc12. The van der Waals surface area contributed by atoms with Gasteiger partial charge in [0.15, 0.2) is 5.13 Å². The van der Waals surface area contributed by atoms with E-state index in [1.54, 1.807) is 22.8 Å². The Morgan fingerprint density at radius 2 is 1.97 bits per heavy atom. The normalized spacial score (nSPS) is 10.9. The Morgan fingerprint density at radius 1 is 1.17 bits per heavy atom. The van der Waals surface area contributed by atoms with Crippen molar-refractivity contribution in [3.63, 3.8) is 0 Å². The highest BCUT2D eigenvalue weighted by Crippen LogP contribution is 2.36. The summed E-state index contributed by atoms with van der Waals surface area (Å²) in [6.45, 7) is 2.86. The minimum atomic E-state index is -0.221. The molecule has 0 atom stereocenters. The summed E-state index contributed by atoms with van der Waals surface area (Å²) in [7, 11) is 3.26. The van der Waals surface area contributed by atoms with Gasteiger partial charge in [-0.1, -0.05) is 47.7 Å². The average Bonchev–Trinajstić information content (AvgIpc) is 3.36. The topological polar surface area (TPSA) is 69.5 Å². The van der Waals surface area contributed by atoms with E-state index in [0.717, 1.165) is 15.8 Å². The first kappa shape index (κ1) is 19.9. The zero-order valence-electron chi connectivity index (χ0n) is 17.0. The van der Waals surface area contributed by atoms with Crippen LogP contribution in [0.3, 0.4) is 0 Å². The Hall–Kier alpha value is -3.39. The molecule has 0 aliphatic heterocycles. The Balaban J connectivity index is 1.80. The fraction of sp³-hybridized carbons (Fsp3) is 0.227. The third-order valence-electron chi connectivity index (χ3n) is 4.55. The molecule has 4 aromatic rings. The van der Waals surface area contributed by atoms with Gasteiger partial charge in [-0.3, -0.25) is 14.4 Å². The largest absolute Gasteiger partial charge is 0.492 e. The summed E-state index contributed by atoms with van der Waals surface area (Å²) < 4.78 is 13.6. The van der Waals surface area contributed by atoms with E-state index in [2.05, 4.69) is 5.10 Å². The maximum Gasteiger partial charge on any atom is 0.267 e. The minimum Gasteiger partial charge on any atom is -0.492 e. The summed E-state index contributed by atoms with van der Waals surface area (Å²) >= 11 is 1.45. The predicted octanol–water partition coefficient (Wildman–Crippen LogP) is 4.28. The number of nitrogens with zero attached hydrogens (tertiary/aromatic N) is 4. The number of benzene rings is 2. The number of fused-ring (bicyclic) bond motifs is 1. The summed E-state index contributed by atoms with van der Waals surface area (Å²) in [6, 6.07) is 15.6. The van der Waals surface area contributed by atoms with Crippen LogP contribution in [0.15, 0.2) is 54.7 Å². The van der Waals surface area contributed by atoms with Gasteiger partial charge in [-0.15, -0.1) is 5.10 Å². The molecule has 0 N–H and O–H groups in total. The van der Waals surface area contributed by atoms with E-state index >= 15 is 0 Å². The molecule has 30 heavy (non-hydrogen) atoms. The van der Waals surface area contributed by atoms with Crippen molar-refractivity contribution in [3.8, 4) is 11.6 Å². The van der Waals surface area contributed by atoms with Gasteiger partial charge >= 0.3 is 0 Å². The van der Waals surface area contributed by atoms with Gasteiger partial charge in [0.25, 0.3) is 5.91 Å². The molecule has 8 heteroatoms. The fourth-order valence-corrected chi connectivity index (χ4v) is 4.18. The molecule has 0 aliphatic carbocycles. The van der Waals surface area contributed by atoms with Crippen molar-refractivity contribution in [2.24, 2.45) is 7.05 Å². The fourth-order valence-electron chi connectivity index (χ4n) is 3.20. The van der Waals surface area contributed by atoms with Crippen molar-refractivity contribution in [3.05, 3.63) is 65.9 Å². The zero-order valence-corrected chi connectivity index (χ0v) is 17.8. The molecule has 0 bridgehead atoms. The Labute approximate surface area is 178 Å². The minimum absolute atomic E-state index is 0.221. The molecule has 2 aromatic heterocycles. The number of thiazole rings is 1. The predicted molar refractivity (Wildman–Crippen MR) is 118 cm³/mol. The number of carbonyl (C=O) groups excluding carboxylic acids is 1. The van der Waals surface area contributed by atoms with Crippen LogP contribution >= 0.6 is 11.3 Å². The number of hydrogen-bond acceptors (Lipinski definition) is 6. The van der Waals surface area contributed by atoms with Gasteiger partial charge in [-0.2, -0.15) is 0 Å². The lowest BCUT2D eigenvalue weighted by Gasteiger charge is -2.19. The molecule has 2 heterocycles. The third kappa shape index (κ3) is 3.86. The zero-order chi connectivity index (χ0) is 21.1. The van der Waals surface area contributed by atoms with Crippen LogP contribution in [0.4, 0.5) is 5.13 Å². The van der Waals surface area contributed by atoms with Crippen LogP contribution in [0.5, 0.6) is 11.6 Å². The second-order valence-electron chi connectivity index (χ2n) is 6.63. The molecule has 0 fully saturated rings. The smallest absolute Gasteiger partial charge is 0.267 e. The van der Waals surface area contributed by atoms with Gasteiger partial charge in [-0.25, -0.2) is 4.98 Å². The second kappa shape index (κ2) is 8.54. The van der Waals surface area contributed by atoms with Gasteiger partial charge in [0, 0.05) is 13.2 Å². The van der Waals surface area contributed by atoms with Gasteiger partial charge in [0.1, 0.15) is 16.8 Å². The van der Waals surface area contributed by atoms with Crippen LogP contribution in [0.2, 0.25) is 0 Å². The molecular weight excluding hydrogens is 400 g/mol. The van der Waals surface area contributed by atoms with Crippen molar-refractivity contribution in [2.75, 3.05) is 18.6 Å². The molecule has 7 nitrogen and oxygen atoms in total. The summed E-state index contributed by atoms with van der Waals surface area (Å²) in [6.07, 6.45) is 1.66. The van der Waals surface area contributed by atoms with Crippen LogP contribution in [-0.2, 0) is 13.6 Å². The number of anilines is 1. The number of para-hydroxylation sites is 1. The molecule has 0 unspecified atom stereocenters. The van der Waals surface area contributed by atoms with Crippen molar-refractivity contribution in [2.45, 2.75) is 13.5 Å². The highest BCUT2D eigenvalue weighted by molar-refractivity contribution is 7.22. The van der Waals surface area contributed by atoms with Gasteiger partial charge < -0.3 is 9.47 Å². The molecule has 154 valence electrons. The third-order valence-corrected chi connectivity index (χ3v) is 5.59. The first-order valence-electron chi connectivity index (χ1n) is 9.56. The van der Waals surface area contributed by atoms with Crippen molar-refractivity contribution in [1.82, 2.24) is 14.8 Å². The second-order valence-corrected chi connectivity index (χ2v) is 7.64. The maximum absolute atomic E-state index is 13.6. The van der Waals surface area contributed by atoms with E-state index in [-0.39, 0.29) is 11.8 Å². The summed E-state index contributed by atoms with van der Waals surface area (Å²) in [5.74, 6) is 0.779. The van der Waals surface area contributed by atoms with E-state index in [1.165, 1.54) is 18.4 Å². The molecule has 0 radical (unpaired) electrons. The molecule has 0 saturated carbocycles. The van der Waals surface area contributed by atoms with E-state index in [4.69, 9.17) is 14.5 Å². The molecule has 0 spiro atoms. The lowest BCUT2D eigenvalue weighted by atomic mass is 10.2. The van der Waals surface area contributed by atoms with Crippen LogP contribution < -0.4 is 14.4 Å². The molecular formula is C22H22N4O3S. The summed E-state index contributed by atoms with van der Waals surface area (Å²) in [4.78, 5) is 20.0. The number of amides is 1. The van der Waals surface area contributed by atoms with E-state index < -0.39 is 0 Å². The first-order chi connectivity index (χ1) is 14.6. The molecule has 0 aliphatic rings. The maximum atomic E-state index is 13.6. The molecule has 1 amide bonds. The van der Waals surface area contributed by atoms with Crippen molar-refractivity contribution in [1.29, 1.82) is 0 Å². The summed E-state index contributed by atoms with van der Waals surface area (Å²) in [5.41, 5.74) is 2.14. The van der Waals surface area contributed by atoms with Gasteiger partial charge in [0.05, 0.1) is 25.0 Å². The van der Waals surface area contributed by atoms with E-state index in [9.17, 15) is 4.79 Å². The molecule has 2 aromatic carbocycles. The highest BCUT2D eigenvalue weighted by atomic mass is 32.1. The van der Waals surface area contributed by atoms with Crippen LogP contribution in [0.1, 0.15) is 22.8 Å². The van der Waals surface area contributed by atoms with Crippen LogP contribution in [0.25, 0.3) is 10.2 Å². The quantitative estimate of drug-likeness (QED) is 0.445. The van der Waals surface area contributed by atoms with E-state index in [0.29, 0.717) is 29.6 Å². The Bertz CT molecular complexity index is 1170. The Morgan fingerprint density at radius 3 is 2.70 bits per heavy atom. The number of aromatic nitrogens is 3. The molecule has 0 saturated heterocycles. The number of ether oxygens (including phenoxy) is 2. The highest BCUT2D eigenvalue weighted by Gasteiger charge is 2.27. The van der Waals surface area contributed by atoms with Crippen molar-refractivity contribution >= 4 is 32.6 Å². The number of aryl methyl sites for hydroxylation is 1. The van der Waals surface area contributed by atoms with Gasteiger partial charge in [0.2, 0.25) is 5.88 Å². The van der Waals surface area contributed by atoms with Gasteiger partial charge in [-0.05, 0) is 24.6 Å². The standard InChI is InChI=1S/C22H22N4O3S/c1-4-29-17-11-8-12-18-19(17)23-22(30-18)26(13-15-9-6-5-7-10-15)21(27)16-14-25(2)24-20(16)28-3/h5-12,14H,4,13H2,1-3H3. The number of hydrogen-bond donors (Lipinski definition) is 0. The van der Waals surface area contributed by atoms with Crippen LogP contribution in [-0.4, -0.2) is 34.4 Å². The van der Waals surface area contributed by atoms with Crippen molar-refractivity contribution < 1.29 is 14.3 Å². The lowest BCUT2D eigenvalue weighted by Crippen LogP contribution is -2.30. The lowest BCUT2D eigenvalue weighted by molar-refractivity contribution is 0.0982. The number of carbonyl (C=O) groups is 1. The monoisotopic (exact) mass is 422 g/mol. The molecule has 4 rings (SSSR count). The van der Waals surface area contributed by atoms with E-state index in [1.807, 2.05) is 55.5 Å². The number of methoxy groups -OCH3 is 1. The average molecular weight is 423 g/mol. The number of rotatable bonds is 7. The summed E-state index contributed by atoms with van der Waals surface area (Å²) in [5, 5.41) is 4.82. The Kier molecular flexibility index (Phi) is 5.67. The van der Waals surface area contributed by atoms with Crippen LogP contribution in [0, 0.1) is 0 Å². The first-order valence-corrected chi connectivity index (χ1v) is 10.4.